The van der Waals surface area contributed by atoms with Crippen LogP contribution in [0.5, 0.6) is 0 Å². The molecule has 2 nitrogen and oxygen atoms in total. The van der Waals surface area contributed by atoms with Gasteiger partial charge in [-0.05, 0) is 35.7 Å². The number of rotatable bonds is 5. The molecular weight excluding hydrogens is 311 g/mol. The Hall–Kier alpha value is -1.66. The molecule has 0 radical (unpaired) electrons. The predicted octanol–water partition coefficient (Wildman–Crippen LogP) is 4.08. The number of alkyl halides is 3. The van der Waals surface area contributed by atoms with Gasteiger partial charge < -0.3 is 0 Å². The van der Waals surface area contributed by atoms with Crippen molar-refractivity contribution < 1.29 is 17.4 Å². The minimum Gasteiger partial charge on any atom is -0.237 e. The lowest BCUT2D eigenvalue weighted by molar-refractivity contribution is -0.137. The maximum absolute atomic E-state index is 12.6. The molecule has 22 heavy (non-hydrogen) atoms. The Balaban J connectivity index is 2.01. The molecule has 0 saturated carbocycles. The van der Waals surface area contributed by atoms with Gasteiger partial charge in [0.15, 0.2) is 0 Å². The fourth-order valence-electron chi connectivity index (χ4n) is 1.94. The van der Waals surface area contributed by atoms with Gasteiger partial charge in [0, 0.05) is 6.54 Å². The van der Waals surface area contributed by atoms with E-state index in [0.717, 1.165) is 24.1 Å². The highest BCUT2D eigenvalue weighted by molar-refractivity contribution is 7.83. The second-order valence-electron chi connectivity index (χ2n) is 4.79. The van der Waals surface area contributed by atoms with E-state index in [2.05, 4.69) is 4.72 Å². The van der Waals surface area contributed by atoms with E-state index in [-0.39, 0.29) is 6.54 Å². The second kappa shape index (κ2) is 7.07. The molecule has 0 fully saturated rings. The fraction of sp³-hybridized carbons (Fsp3) is 0.250. The van der Waals surface area contributed by atoms with E-state index in [9.17, 15) is 17.4 Å². The lowest BCUT2D eigenvalue weighted by atomic mass is 10.1. The molecule has 0 heterocycles. The Morgan fingerprint density at radius 1 is 1.05 bits per heavy atom. The van der Waals surface area contributed by atoms with Gasteiger partial charge in [0.1, 0.15) is 11.0 Å². The van der Waals surface area contributed by atoms with Crippen LogP contribution in [0.1, 0.15) is 23.6 Å². The third-order valence-corrected chi connectivity index (χ3v) is 4.31. The highest BCUT2D eigenvalue weighted by Crippen LogP contribution is 2.29. The van der Waals surface area contributed by atoms with E-state index in [1.54, 1.807) is 18.2 Å². The molecule has 2 rings (SSSR count). The lowest BCUT2D eigenvalue weighted by Gasteiger charge is -2.09. The van der Waals surface area contributed by atoms with Gasteiger partial charge in [-0.25, -0.2) is 8.93 Å². The molecule has 6 heteroatoms. The van der Waals surface area contributed by atoms with Gasteiger partial charge in [0.25, 0.3) is 0 Å². The molecule has 0 aromatic heterocycles. The zero-order valence-corrected chi connectivity index (χ0v) is 12.8. The summed E-state index contributed by atoms with van der Waals surface area (Å²) in [5.74, 6) is 0. The van der Waals surface area contributed by atoms with Gasteiger partial charge in [0.2, 0.25) is 0 Å². The minimum atomic E-state index is -4.37. The highest BCUT2D eigenvalue weighted by Gasteiger charge is 2.30. The first-order valence-corrected chi connectivity index (χ1v) is 7.95. The van der Waals surface area contributed by atoms with Crippen LogP contribution in [0.3, 0.4) is 0 Å². The molecule has 0 aliphatic heterocycles. The molecule has 0 aliphatic rings. The van der Waals surface area contributed by atoms with Crippen molar-refractivity contribution in [1.82, 2.24) is 4.72 Å². The average molecular weight is 327 g/mol. The molecule has 0 spiro atoms. The molecule has 0 saturated heterocycles. The fourth-order valence-corrected chi connectivity index (χ4v) is 2.79. The van der Waals surface area contributed by atoms with Gasteiger partial charge in [-0.2, -0.15) is 13.2 Å². The topological polar surface area (TPSA) is 29.1 Å². The Bertz CT molecular complexity index is 653. The summed E-state index contributed by atoms with van der Waals surface area (Å²) in [6, 6.07) is 12.3. The Labute approximate surface area is 130 Å². The van der Waals surface area contributed by atoms with Gasteiger partial charge in [-0.15, -0.1) is 0 Å². The molecule has 2 aromatic carbocycles. The first-order chi connectivity index (χ1) is 10.4. The Morgan fingerprint density at radius 3 is 2.32 bits per heavy atom. The first-order valence-electron chi connectivity index (χ1n) is 6.80. The van der Waals surface area contributed by atoms with Gasteiger partial charge in [0.05, 0.1) is 10.5 Å². The van der Waals surface area contributed by atoms with E-state index in [1.807, 2.05) is 19.1 Å². The smallest absolute Gasteiger partial charge is 0.237 e. The lowest BCUT2D eigenvalue weighted by Crippen LogP contribution is -2.17. The van der Waals surface area contributed by atoms with Crippen molar-refractivity contribution >= 4 is 11.0 Å². The van der Waals surface area contributed by atoms with Crippen LogP contribution in [0, 0.1) is 0 Å². The molecule has 1 atom stereocenters. The third-order valence-electron chi connectivity index (χ3n) is 3.21. The zero-order chi connectivity index (χ0) is 16.2. The Morgan fingerprint density at radius 2 is 1.73 bits per heavy atom. The zero-order valence-electron chi connectivity index (χ0n) is 12.0. The van der Waals surface area contributed by atoms with Crippen LogP contribution in [0.15, 0.2) is 53.4 Å². The molecule has 1 N–H and O–H groups in total. The van der Waals surface area contributed by atoms with E-state index in [4.69, 9.17) is 0 Å². The molecule has 0 aliphatic carbocycles. The van der Waals surface area contributed by atoms with Crippen LogP contribution in [-0.4, -0.2) is 4.21 Å². The van der Waals surface area contributed by atoms with Crippen LogP contribution in [-0.2, 0) is 30.1 Å². The van der Waals surface area contributed by atoms with Crippen molar-refractivity contribution in [2.75, 3.05) is 0 Å². The quantitative estimate of drug-likeness (QED) is 0.881. The molecular formula is C16H16F3NOS. The maximum atomic E-state index is 12.6. The molecule has 118 valence electrons. The highest BCUT2D eigenvalue weighted by atomic mass is 32.2. The van der Waals surface area contributed by atoms with E-state index >= 15 is 0 Å². The standard InChI is InChI=1S/C16H16F3NOS/c1-2-12-6-8-15(9-7-12)22(21)20-11-13-4-3-5-14(10-13)16(17,18)19/h3-10,20H,2,11H2,1H3. The predicted molar refractivity (Wildman–Crippen MR) is 80.5 cm³/mol. The summed E-state index contributed by atoms with van der Waals surface area (Å²) in [7, 11) is -1.45. The molecule has 0 amide bonds. The van der Waals surface area contributed by atoms with Gasteiger partial charge in [-0.1, -0.05) is 37.3 Å². The van der Waals surface area contributed by atoms with Crippen LogP contribution in [0.4, 0.5) is 13.2 Å². The van der Waals surface area contributed by atoms with Crippen molar-refractivity contribution in [3.05, 3.63) is 65.2 Å². The summed E-state index contributed by atoms with van der Waals surface area (Å²) in [5, 5.41) is 0. The summed E-state index contributed by atoms with van der Waals surface area (Å²) in [6.07, 6.45) is -3.48. The summed E-state index contributed by atoms with van der Waals surface area (Å²) in [4.78, 5) is 0.601. The van der Waals surface area contributed by atoms with Crippen molar-refractivity contribution in [3.8, 4) is 0 Å². The van der Waals surface area contributed by atoms with Crippen molar-refractivity contribution in [1.29, 1.82) is 0 Å². The van der Waals surface area contributed by atoms with E-state index < -0.39 is 22.7 Å². The van der Waals surface area contributed by atoms with Crippen LogP contribution in [0.2, 0.25) is 0 Å². The second-order valence-corrected chi connectivity index (χ2v) is 6.08. The summed E-state index contributed by atoms with van der Waals surface area (Å²) >= 11 is 0. The SMILES string of the molecule is CCc1ccc(S(=O)NCc2cccc(C(F)(F)F)c2)cc1. The van der Waals surface area contributed by atoms with Crippen LogP contribution < -0.4 is 4.72 Å². The van der Waals surface area contributed by atoms with Crippen molar-refractivity contribution in [2.45, 2.75) is 31.0 Å². The van der Waals surface area contributed by atoms with Crippen molar-refractivity contribution in [3.63, 3.8) is 0 Å². The maximum Gasteiger partial charge on any atom is 0.416 e. The number of hydrogen-bond acceptors (Lipinski definition) is 1. The summed E-state index contributed by atoms with van der Waals surface area (Å²) in [6.45, 7) is 2.13. The third kappa shape index (κ3) is 4.42. The number of nitrogens with one attached hydrogen (secondary N) is 1. The monoisotopic (exact) mass is 327 g/mol. The molecule has 2 aromatic rings. The largest absolute Gasteiger partial charge is 0.416 e. The normalized spacial score (nSPS) is 13.1. The first kappa shape index (κ1) is 16.7. The Kier molecular flexibility index (Phi) is 5.37. The number of hydrogen-bond donors (Lipinski definition) is 1. The number of benzene rings is 2. The summed E-state index contributed by atoms with van der Waals surface area (Å²) in [5.41, 5.74) is 0.872. The van der Waals surface area contributed by atoms with Gasteiger partial charge >= 0.3 is 6.18 Å². The van der Waals surface area contributed by atoms with E-state index in [1.165, 1.54) is 6.07 Å². The van der Waals surface area contributed by atoms with E-state index in [0.29, 0.717) is 10.5 Å². The molecule has 1 unspecified atom stereocenters. The van der Waals surface area contributed by atoms with Crippen LogP contribution in [0.25, 0.3) is 0 Å². The minimum absolute atomic E-state index is 0.103. The average Bonchev–Trinajstić information content (AvgIpc) is 2.52. The number of aryl methyl sites for hydroxylation is 1. The molecule has 0 bridgehead atoms. The van der Waals surface area contributed by atoms with Crippen molar-refractivity contribution in [2.24, 2.45) is 0 Å². The van der Waals surface area contributed by atoms with Gasteiger partial charge in [-0.3, -0.25) is 0 Å². The summed E-state index contributed by atoms with van der Waals surface area (Å²) < 4.78 is 52.7. The van der Waals surface area contributed by atoms with Crippen LogP contribution >= 0.6 is 0 Å². The number of halogens is 3.